The number of sulfonamides is 1. The Hall–Kier alpha value is -1.11. The Morgan fingerprint density at radius 3 is 2.89 bits per heavy atom. The van der Waals surface area contributed by atoms with E-state index in [-0.39, 0.29) is 6.10 Å². The fourth-order valence-electron chi connectivity index (χ4n) is 2.00. The number of morpholine rings is 1. The lowest BCUT2D eigenvalue weighted by Gasteiger charge is -2.30. The molecule has 2 rings (SSSR count). The molecule has 1 N–H and O–H groups in total. The van der Waals surface area contributed by atoms with Crippen molar-refractivity contribution < 1.29 is 13.2 Å². The van der Waals surface area contributed by atoms with Crippen molar-refractivity contribution in [3.8, 4) is 0 Å². The van der Waals surface area contributed by atoms with E-state index in [1.807, 2.05) is 25.2 Å². The minimum absolute atomic E-state index is 0.00469. The van der Waals surface area contributed by atoms with E-state index in [4.69, 9.17) is 4.74 Å². The molecule has 5 nitrogen and oxygen atoms in total. The average molecular weight is 270 g/mol. The molecule has 1 fully saturated rings. The first-order valence-electron chi connectivity index (χ1n) is 5.82. The Morgan fingerprint density at radius 1 is 1.44 bits per heavy atom. The zero-order chi connectivity index (χ0) is 13.2. The average Bonchev–Trinajstić information content (AvgIpc) is 2.27. The second-order valence-electron chi connectivity index (χ2n) is 4.62. The summed E-state index contributed by atoms with van der Waals surface area (Å²) < 4.78 is 30.6. The predicted octanol–water partition coefficient (Wildman–Crippen LogP) is 1.06. The fourth-order valence-corrected chi connectivity index (χ4v) is 2.55. The minimum atomic E-state index is -3.24. The maximum absolute atomic E-state index is 11.2. The first kappa shape index (κ1) is 13.3. The van der Waals surface area contributed by atoms with E-state index in [1.165, 1.54) is 0 Å². The van der Waals surface area contributed by atoms with E-state index in [0.717, 1.165) is 24.9 Å². The van der Waals surface area contributed by atoms with Crippen LogP contribution in [-0.2, 0) is 14.8 Å². The molecule has 1 aliphatic rings. The summed E-state index contributed by atoms with van der Waals surface area (Å²) in [6.45, 7) is 2.45. The number of hydrogen-bond donors (Lipinski definition) is 1. The van der Waals surface area contributed by atoms with E-state index >= 15 is 0 Å². The van der Waals surface area contributed by atoms with Crippen molar-refractivity contribution in [2.45, 2.75) is 6.10 Å². The second kappa shape index (κ2) is 5.26. The predicted molar refractivity (Wildman–Crippen MR) is 71.1 cm³/mol. The van der Waals surface area contributed by atoms with E-state index in [1.54, 1.807) is 6.07 Å². The number of anilines is 1. The molecule has 0 saturated carbocycles. The number of ether oxygens (including phenoxy) is 1. The molecule has 1 heterocycles. The summed E-state index contributed by atoms with van der Waals surface area (Å²) in [4.78, 5) is 2.20. The topological polar surface area (TPSA) is 58.6 Å². The van der Waals surface area contributed by atoms with Crippen LogP contribution in [0.4, 0.5) is 5.69 Å². The lowest BCUT2D eigenvalue weighted by atomic mass is 10.1. The van der Waals surface area contributed by atoms with Crippen LogP contribution >= 0.6 is 0 Å². The fraction of sp³-hybridized carbons (Fsp3) is 0.500. The lowest BCUT2D eigenvalue weighted by Crippen LogP contribution is -2.35. The molecule has 1 aliphatic heterocycles. The molecule has 0 aromatic heterocycles. The van der Waals surface area contributed by atoms with Gasteiger partial charge < -0.3 is 9.64 Å². The van der Waals surface area contributed by atoms with Gasteiger partial charge in [-0.1, -0.05) is 12.1 Å². The van der Waals surface area contributed by atoms with Gasteiger partial charge in [-0.2, -0.15) is 0 Å². The molecule has 18 heavy (non-hydrogen) atoms. The van der Waals surface area contributed by atoms with Gasteiger partial charge in [-0.25, -0.2) is 8.42 Å². The van der Waals surface area contributed by atoms with E-state index in [0.29, 0.717) is 12.3 Å². The van der Waals surface area contributed by atoms with Gasteiger partial charge in [0.1, 0.15) is 0 Å². The third-order valence-corrected chi connectivity index (χ3v) is 3.44. The van der Waals surface area contributed by atoms with Crippen LogP contribution < -0.4 is 4.72 Å². The van der Waals surface area contributed by atoms with Crippen molar-refractivity contribution in [2.24, 2.45) is 0 Å². The second-order valence-corrected chi connectivity index (χ2v) is 6.37. The van der Waals surface area contributed by atoms with Crippen molar-refractivity contribution >= 4 is 15.7 Å². The molecule has 1 atom stereocenters. The van der Waals surface area contributed by atoms with Crippen LogP contribution in [0, 0.1) is 0 Å². The van der Waals surface area contributed by atoms with Crippen molar-refractivity contribution in [1.82, 2.24) is 4.90 Å². The number of likely N-dealkylation sites (N-methyl/N-ethyl adjacent to an activating group) is 1. The Labute approximate surface area is 108 Å². The van der Waals surface area contributed by atoms with Crippen LogP contribution in [0.2, 0.25) is 0 Å². The van der Waals surface area contributed by atoms with Crippen molar-refractivity contribution in [2.75, 3.05) is 37.7 Å². The molecule has 0 radical (unpaired) electrons. The highest BCUT2D eigenvalue weighted by molar-refractivity contribution is 7.92. The lowest BCUT2D eigenvalue weighted by molar-refractivity contribution is -0.0208. The molecular formula is C12H18N2O3S. The van der Waals surface area contributed by atoms with E-state index < -0.39 is 10.0 Å². The van der Waals surface area contributed by atoms with Crippen LogP contribution in [0.5, 0.6) is 0 Å². The Kier molecular flexibility index (Phi) is 3.89. The summed E-state index contributed by atoms with van der Waals surface area (Å²) in [5.74, 6) is 0. The summed E-state index contributed by atoms with van der Waals surface area (Å²) in [7, 11) is -1.19. The van der Waals surface area contributed by atoms with Gasteiger partial charge in [-0.05, 0) is 24.7 Å². The van der Waals surface area contributed by atoms with Crippen molar-refractivity contribution in [1.29, 1.82) is 0 Å². The molecule has 6 heteroatoms. The molecule has 0 bridgehead atoms. The monoisotopic (exact) mass is 270 g/mol. The van der Waals surface area contributed by atoms with Gasteiger partial charge in [-0.3, -0.25) is 4.72 Å². The van der Waals surface area contributed by atoms with Gasteiger partial charge >= 0.3 is 0 Å². The highest BCUT2D eigenvalue weighted by atomic mass is 32.2. The first-order chi connectivity index (χ1) is 8.44. The van der Waals surface area contributed by atoms with Gasteiger partial charge in [0, 0.05) is 18.8 Å². The SMILES string of the molecule is CN1CCOC(c2cccc(NS(C)(=O)=O)c2)C1. The maximum atomic E-state index is 11.2. The molecule has 1 aromatic carbocycles. The number of nitrogens with one attached hydrogen (secondary N) is 1. The van der Waals surface area contributed by atoms with E-state index in [2.05, 4.69) is 9.62 Å². The first-order valence-corrected chi connectivity index (χ1v) is 7.71. The third kappa shape index (κ3) is 3.69. The molecule has 0 amide bonds. The molecule has 0 spiro atoms. The van der Waals surface area contributed by atoms with Gasteiger partial charge in [-0.15, -0.1) is 0 Å². The molecule has 0 aliphatic carbocycles. The molecule has 1 saturated heterocycles. The van der Waals surface area contributed by atoms with E-state index in [9.17, 15) is 8.42 Å². The van der Waals surface area contributed by atoms with Gasteiger partial charge in [0.15, 0.2) is 0 Å². The van der Waals surface area contributed by atoms with Crippen LogP contribution in [0.1, 0.15) is 11.7 Å². The van der Waals surface area contributed by atoms with Crippen LogP contribution in [0.3, 0.4) is 0 Å². The van der Waals surface area contributed by atoms with Crippen molar-refractivity contribution in [3.63, 3.8) is 0 Å². The highest BCUT2D eigenvalue weighted by Crippen LogP contribution is 2.24. The largest absolute Gasteiger partial charge is 0.371 e. The van der Waals surface area contributed by atoms with Crippen LogP contribution in [0.15, 0.2) is 24.3 Å². The molecule has 100 valence electrons. The third-order valence-electron chi connectivity index (χ3n) is 2.83. The number of nitrogens with zero attached hydrogens (tertiary/aromatic N) is 1. The Balaban J connectivity index is 2.16. The smallest absolute Gasteiger partial charge is 0.229 e. The quantitative estimate of drug-likeness (QED) is 0.892. The maximum Gasteiger partial charge on any atom is 0.229 e. The zero-order valence-electron chi connectivity index (χ0n) is 10.6. The molecular weight excluding hydrogens is 252 g/mol. The van der Waals surface area contributed by atoms with Crippen LogP contribution in [-0.4, -0.2) is 46.3 Å². The number of hydrogen-bond acceptors (Lipinski definition) is 4. The number of rotatable bonds is 3. The summed E-state index contributed by atoms with van der Waals surface area (Å²) in [6, 6.07) is 7.35. The highest BCUT2D eigenvalue weighted by Gasteiger charge is 2.19. The van der Waals surface area contributed by atoms with Gasteiger partial charge in [0.2, 0.25) is 10.0 Å². The minimum Gasteiger partial charge on any atom is -0.371 e. The van der Waals surface area contributed by atoms with Gasteiger partial charge in [0.25, 0.3) is 0 Å². The Morgan fingerprint density at radius 2 is 2.22 bits per heavy atom. The molecule has 1 unspecified atom stereocenters. The summed E-state index contributed by atoms with van der Waals surface area (Å²) in [5.41, 5.74) is 1.57. The van der Waals surface area contributed by atoms with Crippen molar-refractivity contribution in [3.05, 3.63) is 29.8 Å². The summed E-state index contributed by atoms with van der Waals surface area (Å²) >= 11 is 0. The molecule has 1 aromatic rings. The number of benzene rings is 1. The normalized spacial score (nSPS) is 21.8. The standard InChI is InChI=1S/C12H18N2O3S/c1-14-6-7-17-12(9-14)10-4-3-5-11(8-10)13-18(2,15)16/h3-5,8,12-13H,6-7,9H2,1-2H3. The van der Waals surface area contributed by atoms with Crippen LogP contribution in [0.25, 0.3) is 0 Å². The zero-order valence-corrected chi connectivity index (χ0v) is 11.4. The summed E-state index contributed by atoms with van der Waals surface area (Å²) in [5, 5.41) is 0. The van der Waals surface area contributed by atoms with Gasteiger partial charge in [0.05, 0.1) is 19.0 Å². The Bertz CT molecular complexity index is 516. The summed E-state index contributed by atoms with van der Waals surface area (Å²) in [6.07, 6.45) is 1.15.